The summed E-state index contributed by atoms with van der Waals surface area (Å²) in [6.07, 6.45) is 70.8. The van der Waals surface area contributed by atoms with Crippen molar-refractivity contribution in [3.8, 4) is 0 Å². The fraction of sp³-hybridized carbons (Fsp3) is 0.850. The lowest BCUT2D eigenvalue weighted by molar-refractivity contribution is -0.161. The standard InChI is InChI=1S/C80H148O17P2/c1-5-9-13-17-21-25-29-33-36-37-40-43-47-51-55-59-63-67-80(85)97-76(71-91-78(83)65-61-57-53-49-45-41-38-34-30-26-22-18-14-10-6-2)73-95-99(88,89)93-69-74(81)68-92-98(86,87)94-72-75(70-90-77(82)64-60-56-52-48-44-32-28-24-20-16-12-8-4)96-79(84)66-62-58-54-50-46-42-39-35-31-27-23-19-15-11-7-3/h26-27,30-31,34-35,38-39,74-76,81H,5-25,28-29,32-33,36-37,40-73H2,1-4H3,(H,86,87)(H,88,89)/b30-26-,31-27-,38-34-,39-35-/t74-,75+,76+/m0/s1. The largest absolute Gasteiger partial charge is 0.472 e. The first-order valence-electron chi connectivity index (χ1n) is 40.4. The number of aliphatic hydroxyl groups excluding tert-OH is 1. The molecule has 5 atom stereocenters. The van der Waals surface area contributed by atoms with E-state index in [1.54, 1.807) is 0 Å². The number of rotatable bonds is 77. The minimum Gasteiger partial charge on any atom is -0.462 e. The van der Waals surface area contributed by atoms with Crippen molar-refractivity contribution in [3.63, 3.8) is 0 Å². The topological polar surface area (TPSA) is 237 Å². The molecule has 0 heterocycles. The van der Waals surface area contributed by atoms with Gasteiger partial charge in [0.15, 0.2) is 12.2 Å². The van der Waals surface area contributed by atoms with Gasteiger partial charge in [0.1, 0.15) is 19.3 Å². The summed E-state index contributed by atoms with van der Waals surface area (Å²) in [6, 6.07) is 0. The van der Waals surface area contributed by atoms with Crippen LogP contribution in [0.3, 0.4) is 0 Å². The number of esters is 4. The van der Waals surface area contributed by atoms with Crippen LogP contribution in [0, 0.1) is 0 Å². The number of phosphoric acid groups is 2. The summed E-state index contributed by atoms with van der Waals surface area (Å²) in [4.78, 5) is 73.0. The Hall–Kier alpha value is -2.98. The van der Waals surface area contributed by atoms with Crippen LogP contribution in [0.1, 0.15) is 381 Å². The highest BCUT2D eigenvalue weighted by atomic mass is 31.2. The quantitative estimate of drug-likeness (QED) is 0.0169. The monoisotopic (exact) mass is 1440 g/mol. The predicted molar refractivity (Wildman–Crippen MR) is 404 cm³/mol. The van der Waals surface area contributed by atoms with Crippen LogP contribution < -0.4 is 0 Å². The fourth-order valence-electron chi connectivity index (χ4n) is 11.4. The first-order valence-corrected chi connectivity index (χ1v) is 43.4. The molecule has 0 radical (unpaired) electrons. The molecule has 0 bridgehead atoms. The van der Waals surface area contributed by atoms with E-state index in [4.69, 9.17) is 37.0 Å². The second kappa shape index (κ2) is 73.3. The number of hydrogen-bond donors (Lipinski definition) is 3. The summed E-state index contributed by atoms with van der Waals surface area (Å²) in [5.41, 5.74) is 0. The third kappa shape index (κ3) is 73.1. The van der Waals surface area contributed by atoms with Crippen LogP contribution in [-0.4, -0.2) is 96.7 Å². The summed E-state index contributed by atoms with van der Waals surface area (Å²) in [6.45, 7) is 4.89. The summed E-state index contributed by atoms with van der Waals surface area (Å²) in [5.74, 6) is -2.17. The van der Waals surface area contributed by atoms with E-state index in [2.05, 4.69) is 76.3 Å². The van der Waals surface area contributed by atoms with Crippen molar-refractivity contribution in [1.29, 1.82) is 0 Å². The molecule has 3 N–H and O–H groups in total. The summed E-state index contributed by atoms with van der Waals surface area (Å²) in [7, 11) is -9.94. The number of unbranched alkanes of at least 4 members (excludes halogenated alkanes) is 45. The van der Waals surface area contributed by atoms with Crippen molar-refractivity contribution in [2.24, 2.45) is 0 Å². The minimum atomic E-state index is -4.97. The number of carbonyl (C=O) groups excluding carboxylic acids is 4. The molecular weight excluding hydrogens is 1290 g/mol. The Kier molecular flexibility index (Phi) is 71.1. The van der Waals surface area contributed by atoms with E-state index in [9.17, 15) is 43.2 Å². The highest BCUT2D eigenvalue weighted by molar-refractivity contribution is 7.47. The van der Waals surface area contributed by atoms with Crippen molar-refractivity contribution in [3.05, 3.63) is 48.6 Å². The molecule has 99 heavy (non-hydrogen) atoms. The molecule has 0 saturated carbocycles. The first kappa shape index (κ1) is 96.0. The third-order valence-electron chi connectivity index (χ3n) is 17.6. The van der Waals surface area contributed by atoms with Gasteiger partial charge in [-0.1, -0.05) is 327 Å². The highest BCUT2D eigenvalue weighted by Crippen LogP contribution is 2.45. The van der Waals surface area contributed by atoms with Gasteiger partial charge in [0.05, 0.1) is 26.4 Å². The van der Waals surface area contributed by atoms with Crippen LogP contribution in [0.15, 0.2) is 48.6 Å². The van der Waals surface area contributed by atoms with E-state index >= 15 is 0 Å². The average molecular weight is 1440 g/mol. The Morgan fingerprint density at radius 3 is 0.737 bits per heavy atom. The molecule has 0 aliphatic carbocycles. The zero-order valence-electron chi connectivity index (χ0n) is 63.4. The van der Waals surface area contributed by atoms with Gasteiger partial charge in [0.25, 0.3) is 0 Å². The van der Waals surface area contributed by atoms with E-state index in [0.717, 1.165) is 122 Å². The van der Waals surface area contributed by atoms with Gasteiger partial charge in [-0.2, -0.15) is 0 Å². The number of allylic oxidation sites excluding steroid dienone is 8. The van der Waals surface area contributed by atoms with Gasteiger partial charge < -0.3 is 33.8 Å². The van der Waals surface area contributed by atoms with Crippen LogP contribution in [0.2, 0.25) is 0 Å². The van der Waals surface area contributed by atoms with Crippen LogP contribution in [0.5, 0.6) is 0 Å². The van der Waals surface area contributed by atoms with Gasteiger partial charge >= 0.3 is 39.5 Å². The molecule has 17 nitrogen and oxygen atoms in total. The minimum absolute atomic E-state index is 0.0835. The van der Waals surface area contributed by atoms with Crippen LogP contribution in [-0.2, 0) is 65.4 Å². The maximum Gasteiger partial charge on any atom is 0.472 e. The van der Waals surface area contributed by atoms with E-state index in [1.165, 1.54) is 180 Å². The van der Waals surface area contributed by atoms with Crippen LogP contribution in [0.25, 0.3) is 0 Å². The number of aliphatic hydroxyl groups is 1. The molecule has 0 amide bonds. The molecule has 0 fully saturated rings. The number of phosphoric ester groups is 2. The maximum absolute atomic E-state index is 13.1. The molecule has 0 aliphatic rings. The summed E-state index contributed by atoms with van der Waals surface area (Å²) in [5, 5.41) is 10.6. The van der Waals surface area contributed by atoms with Gasteiger partial charge in [0, 0.05) is 25.7 Å². The Morgan fingerprint density at radius 2 is 0.485 bits per heavy atom. The molecular formula is C80H148O17P2. The average Bonchev–Trinajstić information content (AvgIpc) is 1.000. The smallest absolute Gasteiger partial charge is 0.462 e. The van der Waals surface area contributed by atoms with E-state index in [0.29, 0.717) is 25.7 Å². The lowest BCUT2D eigenvalue weighted by atomic mass is 10.0. The second-order valence-corrected chi connectivity index (χ2v) is 30.3. The third-order valence-corrected chi connectivity index (χ3v) is 19.5. The molecule has 0 aliphatic heterocycles. The first-order chi connectivity index (χ1) is 48.2. The van der Waals surface area contributed by atoms with Crippen molar-refractivity contribution in [2.45, 2.75) is 399 Å². The Bertz CT molecular complexity index is 2070. The molecule has 0 spiro atoms. The van der Waals surface area contributed by atoms with Gasteiger partial charge in [-0.3, -0.25) is 37.3 Å². The lowest BCUT2D eigenvalue weighted by Crippen LogP contribution is -2.30. The fourth-order valence-corrected chi connectivity index (χ4v) is 13.0. The Morgan fingerprint density at radius 1 is 0.283 bits per heavy atom. The second-order valence-electron chi connectivity index (χ2n) is 27.4. The van der Waals surface area contributed by atoms with Gasteiger partial charge in [-0.15, -0.1) is 0 Å². The van der Waals surface area contributed by atoms with Crippen molar-refractivity contribution in [1.82, 2.24) is 0 Å². The van der Waals surface area contributed by atoms with Crippen LogP contribution in [0.4, 0.5) is 0 Å². The van der Waals surface area contributed by atoms with Gasteiger partial charge in [-0.25, -0.2) is 9.13 Å². The lowest BCUT2D eigenvalue weighted by Gasteiger charge is -2.21. The molecule has 19 heteroatoms. The molecule has 0 saturated heterocycles. The number of ether oxygens (including phenoxy) is 4. The zero-order chi connectivity index (χ0) is 72.5. The van der Waals surface area contributed by atoms with Crippen molar-refractivity contribution in [2.75, 3.05) is 39.6 Å². The van der Waals surface area contributed by atoms with E-state index in [-0.39, 0.29) is 25.7 Å². The number of carbonyl (C=O) groups is 4. The van der Waals surface area contributed by atoms with Crippen LogP contribution >= 0.6 is 15.6 Å². The van der Waals surface area contributed by atoms with Crippen molar-refractivity contribution < 1.29 is 80.2 Å². The van der Waals surface area contributed by atoms with E-state index in [1.807, 2.05) is 0 Å². The molecule has 0 aromatic rings. The molecule has 0 rings (SSSR count). The van der Waals surface area contributed by atoms with Gasteiger partial charge in [-0.05, 0) is 77.0 Å². The normalized spacial score (nSPS) is 14.1. The molecule has 0 aromatic carbocycles. The van der Waals surface area contributed by atoms with Gasteiger partial charge in [0.2, 0.25) is 0 Å². The molecule has 580 valence electrons. The maximum atomic E-state index is 13.1. The number of hydrogen-bond acceptors (Lipinski definition) is 15. The molecule has 2 unspecified atom stereocenters. The molecule has 0 aromatic heterocycles. The SMILES string of the molecule is CCCCCC/C=C\C=C/CCCCCCCC(=O)OC[C@H](COP(=O)(O)OC[C@@H](O)COP(=O)(O)OC[C@@H](COC(=O)CCCCCCCCCCCCCC)OC(=O)CCCCCCC/C=C\C=C/CCCCCC)OC(=O)CCCCCCCCCCCCCCCCCCC. The summed E-state index contributed by atoms with van der Waals surface area (Å²) >= 11 is 0. The Labute approximate surface area is 604 Å². The Balaban J connectivity index is 5.33. The van der Waals surface area contributed by atoms with E-state index < -0.39 is 97.5 Å². The summed E-state index contributed by atoms with van der Waals surface area (Å²) < 4.78 is 68.6. The zero-order valence-corrected chi connectivity index (χ0v) is 65.2. The van der Waals surface area contributed by atoms with Crippen molar-refractivity contribution >= 4 is 39.5 Å². The predicted octanol–water partition coefficient (Wildman–Crippen LogP) is 23.3. The highest BCUT2D eigenvalue weighted by Gasteiger charge is 2.30.